The number of aliphatic carboxylic acids is 1. The first kappa shape index (κ1) is 10.6. The summed E-state index contributed by atoms with van der Waals surface area (Å²) in [7, 11) is 1.42. The van der Waals surface area contributed by atoms with Crippen LogP contribution in [0.2, 0.25) is 0 Å². The molecule has 0 aromatic rings. The monoisotopic (exact) mass is 199 g/mol. The number of ketones is 1. The largest absolute Gasteiger partial charge is 0.491 e. The minimum absolute atomic E-state index is 0.0633. The minimum Gasteiger partial charge on any atom is -0.491 e. The molecule has 0 amide bonds. The number of nitrogens with one attached hydrogen (secondary N) is 1. The number of hydrogen-bond acceptors (Lipinski definition) is 4. The van der Waals surface area contributed by atoms with E-state index in [1.54, 1.807) is 0 Å². The summed E-state index contributed by atoms with van der Waals surface area (Å²) in [5.41, 5.74) is 0.603. The molecule has 0 radical (unpaired) electrons. The number of carboxylic acids is 1. The predicted octanol–water partition coefficient (Wildman–Crippen LogP) is 0.272. The third kappa shape index (κ3) is 2.48. The van der Waals surface area contributed by atoms with E-state index in [2.05, 4.69) is 5.32 Å². The maximum absolute atomic E-state index is 11.3. The molecule has 0 aromatic heterocycles. The molecule has 0 atom stereocenters. The highest BCUT2D eigenvalue weighted by Gasteiger charge is 2.21. The second-order valence-electron chi connectivity index (χ2n) is 3.04. The van der Waals surface area contributed by atoms with Gasteiger partial charge in [0.05, 0.1) is 12.8 Å². The van der Waals surface area contributed by atoms with E-state index >= 15 is 0 Å². The number of carbonyl (C=O) groups excluding carboxylic acids is 1. The van der Waals surface area contributed by atoms with Crippen molar-refractivity contribution in [2.45, 2.75) is 19.3 Å². The zero-order chi connectivity index (χ0) is 10.6. The molecule has 5 heteroatoms. The SMILES string of the molecule is COC1=C(NCC(=O)O)CCCC1=O. The number of ether oxygens (including phenoxy) is 1. The Bertz CT molecular complexity index is 283. The average Bonchev–Trinajstić information content (AvgIpc) is 2.14. The Morgan fingerprint density at radius 2 is 2.29 bits per heavy atom. The Labute approximate surface area is 81.7 Å². The summed E-state index contributed by atoms with van der Waals surface area (Å²) in [6.45, 7) is -0.185. The van der Waals surface area contributed by atoms with E-state index in [4.69, 9.17) is 9.84 Å². The van der Waals surface area contributed by atoms with Crippen LogP contribution in [0.15, 0.2) is 11.5 Å². The number of carboxylic acid groups (broad SMARTS) is 1. The highest BCUT2D eigenvalue weighted by atomic mass is 16.5. The highest BCUT2D eigenvalue weighted by molar-refractivity contribution is 5.94. The van der Waals surface area contributed by atoms with Crippen LogP contribution in [-0.2, 0) is 14.3 Å². The summed E-state index contributed by atoms with van der Waals surface area (Å²) < 4.78 is 4.92. The Kier molecular flexibility index (Phi) is 3.50. The molecule has 0 saturated carbocycles. The summed E-state index contributed by atoms with van der Waals surface area (Å²) in [4.78, 5) is 21.6. The van der Waals surface area contributed by atoms with Crippen LogP contribution in [0, 0.1) is 0 Å². The van der Waals surface area contributed by atoms with Gasteiger partial charge in [-0.3, -0.25) is 9.59 Å². The van der Waals surface area contributed by atoms with Gasteiger partial charge in [-0.05, 0) is 12.8 Å². The molecule has 0 bridgehead atoms. The van der Waals surface area contributed by atoms with Gasteiger partial charge in [0.1, 0.15) is 6.54 Å². The summed E-state index contributed by atoms with van der Waals surface area (Å²) in [6, 6.07) is 0. The van der Waals surface area contributed by atoms with Crippen LogP contribution in [0.4, 0.5) is 0 Å². The zero-order valence-corrected chi connectivity index (χ0v) is 8.00. The van der Waals surface area contributed by atoms with Crippen molar-refractivity contribution in [2.75, 3.05) is 13.7 Å². The van der Waals surface area contributed by atoms with Gasteiger partial charge in [0, 0.05) is 6.42 Å². The van der Waals surface area contributed by atoms with Crippen molar-refractivity contribution in [3.05, 3.63) is 11.5 Å². The minimum atomic E-state index is -0.953. The van der Waals surface area contributed by atoms with Gasteiger partial charge < -0.3 is 15.2 Å². The standard InChI is InChI=1S/C9H13NO4/c1-14-9-6(10-5-8(12)13)3-2-4-7(9)11/h10H,2-5H2,1H3,(H,12,13). The van der Waals surface area contributed by atoms with Gasteiger partial charge in [-0.25, -0.2) is 0 Å². The normalized spacial score (nSPS) is 16.8. The van der Waals surface area contributed by atoms with Crippen molar-refractivity contribution in [3.63, 3.8) is 0 Å². The molecule has 0 saturated heterocycles. The summed E-state index contributed by atoms with van der Waals surface area (Å²) in [5, 5.41) is 11.1. The third-order valence-electron chi connectivity index (χ3n) is 2.02. The lowest BCUT2D eigenvalue weighted by atomic mass is 10.0. The predicted molar refractivity (Wildman–Crippen MR) is 48.5 cm³/mol. The molecule has 1 aliphatic carbocycles. The molecule has 0 heterocycles. The van der Waals surface area contributed by atoms with E-state index in [1.807, 2.05) is 0 Å². The van der Waals surface area contributed by atoms with E-state index in [9.17, 15) is 9.59 Å². The number of Topliss-reactive ketones (excluding diaryl/α,β-unsaturated/α-hetero) is 1. The van der Waals surface area contributed by atoms with Gasteiger partial charge >= 0.3 is 5.97 Å². The number of methoxy groups -OCH3 is 1. The summed E-state index contributed by atoms with van der Waals surface area (Å²) >= 11 is 0. The molecule has 1 rings (SSSR count). The molecule has 0 unspecified atom stereocenters. The Morgan fingerprint density at radius 3 is 2.86 bits per heavy atom. The molecule has 0 spiro atoms. The van der Waals surface area contributed by atoms with Crippen LogP contribution in [0.1, 0.15) is 19.3 Å². The Balaban J connectivity index is 2.70. The lowest BCUT2D eigenvalue weighted by Crippen LogP contribution is -2.27. The van der Waals surface area contributed by atoms with E-state index in [0.717, 1.165) is 6.42 Å². The van der Waals surface area contributed by atoms with Gasteiger partial charge in [-0.1, -0.05) is 0 Å². The van der Waals surface area contributed by atoms with E-state index in [1.165, 1.54) is 7.11 Å². The maximum atomic E-state index is 11.3. The lowest BCUT2D eigenvalue weighted by Gasteiger charge is -2.18. The second-order valence-corrected chi connectivity index (χ2v) is 3.04. The fraction of sp³-hybridized carbons (Fsp3) is 0.556. The summed E-state index contributed by atoms with van der Waals surface area (Å²) in [5.74, 6) is -0.741. The summed E-state index contributed by atoms with van der Waals surface area (Å²) in [6.07, 6.45) is 1.89. The quantitative estimate of drug-likeness (QED) is 0.679. The van der Waals surface area contributed by atoms with E-state index in [-0.39, 0.29) is 18.1 Å². The van der Waals surface area contributed by atoms with Crippen molar-refractivity contribution in [1.29, 1.82) is 0 Å². The Hall–Kier alpha value is -1.52. The first-order chi connectivity index (χ1) is 6.65. The molecular formula is C9H13NO4. The number of allylic oxidation sites excluding steroid dienone is 2. The van der Waals surface area contributed by atoms with Crippen molar-refractivity contribution < 1.29 is 19.4 Å². The zero-order valence-electron chi connectivity index (χ0n) is 8.00. The molecule has 5 nitrogen and oxygen atoms in total. The van der Waals surface area contributed by atoms with E-state index in [0.29, 0.717) is 18.5 Å². The molecule has 14 heavy (non-hydrogen) atoms. The van der Waals surface area contributed by atoms with Crippen molar-refractivity contribution in [1.82, 2.24) is 5.32 Å². The number of rotatable bonds is 4. The lowest BCUT2D eigenvalue weighted by molar-refractivity contribution is -0.136. The first-order valence-electron chi connectivity index (χ1n) is 4.41. The fourth-order valence-electron chi connectivity index (χ4n) is 1.41. The fourth-order valence-corrected chi connectivity index (χ4v) is 1.41. The Morgan fingerprint density at radius 1 is 1.57 bits per heavy atom. The van der Waals surface area contributed by atoms with Crippen LogP contribution < -0.4 is 5.32 Å². The number of carbonyl (C=O) groups is 2. The van der Waals surface area contributed by atoms with Gasteiger partial charge in [0.15, 0.2) is 11.5 Å². The highest BCUT2D eigenvalue weighted by Crippen LogP contribution is 2.20. The first-order valence-corrected chi connectivity index (χ1v) is 4.41. The topological polar surface area (TPSA) is 75.6 Å². The van der Waals surface area contributed by atoms with Crippen molar-refractivity contribution >= 4 is 11.8 Å². The third-order valence-corrected chi connectivity index (χ3v) is 2.02. The van der Waals surface area contributed by atoms with E-state index < -0.39 is 5.97 Å². The van der Waals surface area contributed by atoms with Crippen molar-refractivity contribution in [3.8, 4) is 0 Å². The molecule has 0 aliphatic heterocycles. The molecule has 0 fully saturated rings. The molecule has 0 aromatic carbocycles. The van der Waals surface area contributed by atoms with Crippen molar-refractivity contribution in [2.24, 2.45) is 0 Å². The second kappa shape index (κ2) is 4.64. The molecule has 1 aliphatic rings. The smallest absolute Gasteiger partial charge is 0.322 e. The van der Waals surface area contributed by atoms with Crippen LogP contribution in [0.5, 0.6) is 0 Å². The number of hydrogen-bond donors (Lipinski definition) is 2. The molecule has 78 valence electrons. The van der Waals surface area contributed by atoms with Crippen LogP contribution in [-0.4, -0.2) is 30.5 Å². The van der Waals surface area contributed by atoms with Crippen LogP contribution in [0.3, 0.4) is 0 Å². The van der Waals surface area contributed by atoms with Crippen LogP contribution >= 0.6 is 0 Å². The maximum Gasteiger partial charge on any atom is 0.322 e. The molecular weight excluding hydrogens is 186 g/mol. The van der Waals surface area contributed by atoms with Gasteiger partial charge in [0.25, 0.3) is 0 Å². The van der Waals surface area contributed by atoms with Gasteiger partial charge in [-0.2, -0.15) is 0 Å². The van der Waals surface area contributed by atoms with Gasteiger partial charge in [0.2, 0.25) is 0 Å². The van der Waals surface area contributed by atoms with Gasteiger partial charge in [-0.15, -0.1) is 0 Å². The average molecular weight is 199 g/mol. The van der Waals surface area contributed by atoms with Crippen LogP contribution in [0.25, 0.3) is 0 Å². The molecule has 2 N–H and O–H groups in total.